The Labute approximate surface area is 106 Å². The average molecular weight is 272 g/mol. The van der Waals surface area contributed by atoms with Crippen molar-refractivity contribution < 1.29 is 9.94 Å². The highest BCUT2D eigenvalue weighted by Crippen LogP contribution is 2.30. The average Bonchev–Trinajstić information content (AvgIpc) is 2.27. The SMILES string of the molecule is N=c1nc(Oc2ccc(Cl)cc2Cl)ccn1O. The van der Waals surface area contributed by atoms with Crippen LogP contribution in [0, 0.1) is 5.41 Å². The molecule has 5 nitrogen and oxygen atoms in total. The second-order valence-corrected chi connectivity index (χ2v) is 3.95. The van der Waals surface area contributed by atoms with Crippen molar-refractivity contribution in [1.82, 2.24) is 9.71 Å². The normalized spacial score (nSPS) is 10.2. The second kappa shape index (κ2) is 4.65. The molecule has 17 heavy (non-hydrogen) atoms. The number of nitrogens with zero attached hydrogens (tertiary/aromatic N) is 2. The van der Waals surface area contributed by atoms with Crippen LogP contribution in [0.3, 0.4) is 0 Å². The van der Waals surface area contributed by atoms with Crippen molar-refractivity contribution in [2.75, 3.05) is 0 Å². The van der Waals surface area contributed by atoms with Crippen molar-refractivity contribution in [3.05, 3.63) is 46.1 Å². The fraction of sp³-hybridized carbons (Fsp3) is 0. The number of rotatable bonds is 2. The van der Waals surface area contributed by atoms with Gasteiger partial charge < -0.3 is 9.94 Å². The Kier molecular flexibility index (Phi) is 3.21. The molecule has 1 heterocycles. The molecule has 2 aromatic rings. The smallest absolute Gasteiger partial charge is 0.258 e. The summed E-state index contributed by atoms with van der Waals surface area (Å²) in [5.41, 5.74) is -0.340. The fourth-order valence-electron chi connectivity index (χ4n) is 1.13. The first-order valence-electron chi connectivity index (χ1n) is 4.53. The lowest BCUT2D eigenvalue weighted by molar-refractivity contribution is 0.163. The lowest BCUT2D eigenvalue weighted by Gasteiger charge is -2.06. The van der Waals surface area contributed by atoms with Gasteiger partial charge in [0, 0.05) is 11.1 Å². The van der Waals surface area contributed by atoms with Crippen LogP contribution in [0.5, 0.6) is 11.6 Å². The van der Waals surface area contributed by atoms with Crippen molar-refractivity contribution >= 4 is 23.2 Å². The second-order valence-electron chi connectivity index (χ2n) is 3.11. The maximum absolute atomic E-state index is 9.07. The van der Waals surface area contributed by atoms with Gasteiger partial charge in [0.05, 0.1) is 11.2 Å². The van der Waals surface area contributed by atoms with Gasteiger partial charge in [-0.2, -0.15) is 9.71 Å². The molecule has 0 aliphatic rings. The van der Waals surface area contributed by atoms with Crippen LogP contribution in [0.25, 0.3) is 0 Å². The molecule has 0 atom stereocenters. The molecule has 2 rings (SSSR count). The van der Waals surface area contributed by atoms with Crippen LogP contribution in [0.1, 0.15) is 0 Å². The van der Waals surface area contributed by atoms with Gasteiger partial charge >= 0.3 is 0 Å². The van der Waals surface area contributed by atoms with E-state index >= 15 is 0 Å². The van der Waals surface area contributed by atoms with Crippen molar-refractivity contribution in [3.8, 4) is 11.6 Å². The monoisotopic (exact) mass is 271 g/mol. The maximum Gasteiger partial charge on any atom is 0.258 e. The van der Waals surface area contributed by atoms with E-state index in [1.165, 1.54) is 18.3 Å². The fourth-order valence-corrected chi connectivity index (χ4v) is 1.57. The standard InChI is InChI=1S/C10H7Cl2N3O2/c11-6-1-2-8(7(12)5-6)17-9-3-4-15(16)10(13)14-9/h1-5,13,16H. The van der Waals surface area contributed by atoms with E-state index in [4.69, 9.17) is 38.6 Å². The van der Waals surface area contributed by atoms with E-state index in [0.717, 1.165) is 0 Å². The summed E-state index contributed by atoms with van der Waals surface area (Å²) in [7, 11) is 0. The Bertz CT molecular complexity index is 613. The molecule has 1 aromatic heterocycles. The van der Waals surface area contributed by atoms with E-state index < -0.39 is 0 Å². The zero-order valence-corrected chi connectivity index (χ0v) is 9.90. The molecule has 88 valence electrons. The highest BCUT2D eigenvalue weighted by atomic mass is 35.5. The molecular formula is C10H7Cl2N3O2. The number of hydrogen-bond donors (Lipinski definition) is 2. The third-order valence-corrected chi connectivity index (χ3v) is 2.43. The summed E-state index contributed by atoms with van der Waals surface area (Å²) in [5.74, 6) is 0.531. The van der Waals surface area contributed by atoms with Gasteiger partial charge in [0.1, 0.15) is 5.75 Å². The summed E-state index contributed by atoms with van der Waals surface area (Å²) < 4.78 is 5.92. The molecule has 0 spiro atoms. The first-order chi connectivity index (χ1) is 8.06. The highest BCUT2D eigenvalue weighted by molar-refractivity contribution is 6.35. The summed E-state index contributed by atoms with van der Waals surface area (Å²) >= 11 is 11.7. The summed E-state index contributed by atoms with van der Waals surface area (Å²) in [6.07, 6.45) is 1.24. The first kappa shape index (κ1) is 11.8. The zero-order chi connectivity index (χ0) is 12.4. The van der Waals surface area contributed by atoms with E-state index in [9.17, 15) is 0 Å². The van der Waals surface area contributed by atoms with Gasteiger partial charge in [-0.1, -0.05) is 23.2 Å². The lowest BCUT2D eigenvalue weighted by Crippen LogP contribution is -2.20. The highest BCUT2D eigenvalue weighted by Gasteiger charge is 2.05. The molecule has 1 aromatic carbocycles. The summed E-state index contributed by atoms with van der Waals surface area (Å²) in [5, 5.41) is 17.2. The number of hydrogen-bond acceptors (Lipinski definition) is 4. The number of ether oxygens (including phenoxy) is 1. The Hall–Kier alpha value is -1.72. The quantitative estimate of drug-likeness (QED) is 0.825. The summed E-state index contributed by atoms with van der Waals surface area (Å²) in [4.78, 5) is 3.70. The van der Waals surface area contributed by atoms with E-state index in [1.807, 2.05) is 0 Å². The lowest BCUT2D eigenvalue weighted by atomic mass is 10.3. The van der Waals surface area contributed by atoms with Gasteiger partial charge in [-0.15, -0.1) is 0 Å². The number of aromatic nitrogens is 2. The molecular weight excluding hydrogens is 265 g/mol. The van der Waals surface area contributed by atoms with Crippen LogP contribution in [-0.4, -0.2) is 14.9 Å². The van der Waals surface area contributed by atoms with Gasteiger partial charge in [0.15, 0.2) is 0 Å². The predicted octanol–water partition coefficient (Wildman–Crippen LogP) is 2.70. The maximum atomic E-state index is 9.07. The Morgan fingerprint density at radius 2 is 2.06 bits per heavy atom. The third-order valence-electron chi connectivity index (χ3n) is 1.90. The summed E-state index contributed by atoms with van der Waals surface area (Å²) in [6, 6.07) is 6.16. The zero-order valence-electron chi connectivity index (χ0n) is 8.39. The van der Waals surface area contributed by atoms with Crippen LogP contribution in [-0.2, 0) is 0 Å². The molecule has 0 fully saturated rings. The molecule has 2 N–H and O–H groups in total. The molecule has 0 saturated heterocycles. The number of benzene rings is 1. The summed E-state index contributed by atoms with van der Waals surface area (Å²) in [6.45, 7) is 0. The van der Waals surface area contributed by atoms with Crippen LogP contribution in [0.2, 0.25) is 10.0 Å². The number of nitrogens with one attached hydrogen (secondary N) is 1. The molecule has 7 heteroatoms. The molecule has 0 unspecified atom stereocenters. The van der Waals surface area contributed by atoms with Crippen molar-refractivity contribution in [2.45, 2.75) is 0 Å². The van der Waals surface area contributed by atoms with Crippen LogP contribution in [0.15, 0.2) is 30.5 Å². The van der Waals surface area contributed by atoms with Crippen LogP contribution >= 0.6 is 23.2 Å². The van der Waals surface area contributed by atoms with Crippen molar-refractivity contribution in [3.63, 3.8) is 0 Å². The van der Waals surface area contributed by atoms with Gasteiger partial charge in [-0.3, -0.25) is 5.41 Å². The minimum atomic E-state index is -0.340. The van der Waals surface area contributed by atoms with Crippen molar-refractivity contribution in [2.24, 2.45) is 0 Å². The van der Waals surface area contributed by atoms with E-state index in [2.05, 4.69) is 4.98 Å². The minimum Gasteiger partial charge on any atom is -0.437 e. The predicted molar refractivity (Wildman–Crippen MR) is 61.8 cm³/mol. The Morgan fingerprint density at radius 1 is 1.29 bits per heavy atom. The van der Waals surface area contributed by atoms with Gasteiger partial charge in [0.25, 0.3) is 5.62 Å². The van der Waals surface area contributed by atoms with E-state index in [0.29, 0.717) is 20.5 Å². The molecule has 0 saturated carbocycles. The van der Waals surface area contributed by atoms with Gasteiger partial charge in [0.2, 0.25) is 5.88 Å². The number of halogens is 2. The van der Waals surface area contributed by atoms with Crippen LogP contribution < -0.4 is 10.4 Å². The van der Waals surface area contributed by atoms with Crippen LogP contribution in [0.4, 0.5) is 0 Å². The van der Waals surface area contributed by atoms with Crippen molar-refractivity contribution in [1.29, 1.82) is 5.41 Å². The largest absolute Gasteiger partial charge is 0.437 e. The van der Waals surface area contributed by atoms with Gasteiger partial charge in [-0.25, -0.2) is 0 Å². The molecule has 0 radical (unpaired) electrons. The molecule has 0 amide bonds. The van der Waals surface area contributed by atoms with Gasteiger partial charge in [-0.05, 0) is 18.2 Å². The van der Waals surface area contributed by atoms with E-state index in [-0.39, 0.29) is 11.5 Å². The topological polar surface area (TPSA) is 71.1 Å². The third kappa shape index (κ3) is 2.69. The Morgan fingerprint density at radius 3 is 2.71 bits per heavy atom. The minimum absolute atomic E-state index is 0.157. The molecule has 0 aliphatic heterocycles. The Balaban J connectivity index is 2.31. The molecule has 0 aliphatic carbocycles. The van der Waals surface area contributed by atoms with E-state index in [1.54, 1.807) is 12.1 Å². The molecule has 0 bridgehead atoms. The first-order valence-corrected chi connectivity index (χ1v) is 5.28.